The van der Waals surface area contributed by atoms with Crippen LogP contribution in [0, 0.1) is 13.8 Å². The van der Waals surface area contributed by atoms with Crippen molar-refractivity contribution in [1.29, 1.82) is 0 Å². The summed E-state index contributed by atoms with van der Waals surface area (Å²) in [6.07, 6.45) is 1.98. The lowest BCUT2D eigenvalue weighted by Gasteiger charge is -2.08. The molecule has 0 saturated carbocycles. The van der Waals surface area contributed by atoms with Crippen molar-refractivity contribution in [2.45, 2.75) is 33.7 Å². The second-order valence-electron chi connectivity index (χ2n) is 3.66. The molecule has 16 heavy (non-hydrogen) atoms. The lowest BCUT2D eigenvalue weighted by Crippen LogP contribution is -2.31. The number of aromatic nitrogens is 2. The predicted molar refractivity (Wildman–Crippen MR) is 61.3 cm³/mol. The molecule has 88 valence electrons. The van der Waals surface area contributed by atoms with E-state index < -0.39 is 0 Å². The van der Waals surface area contributed by atoms with Crippen molar-refractivity contribution in [3.05, 3.63) is 27.9 Å². The molecule has 5 heteroatoms. The lowest BCUT2D eigenvalue weighted by atomic mass is 10.3. The summed E-state index contributed by atoms with van der Waals surface area (Å²) in [5.41, 5.74) is 1.36. The Morgan fingerprint density at radius 3 is 2.81 bits per heavy atom. The number of carbonyl (C=O) groups excluding carboxylic acids is 1. The first-order chi connectivity index (χ1) is 7.56. The van der Waals surface area contributed by atoms with E-state index in [0.29, 0.717) is 25.1 Å². The van der Waals surface area contributed by atoms with E-state index in [1.165, 1.54) is 10.9 Å². The third-order valence-electron chi connectivity index (χ3n) is 2.51. The van der Waals surface area contributed by atoms with Crippen LogP contribution in [0.4, 0.5) is 0 Å². The zero-order chi connectivity index (χ0) is 12.1. The maximum absolute atomic E-state index is 11.7. The molecule has 1 aromatic rings. The number of nitrogens with one attached hydrogen (secondary N) is 1. The molecule has 0 aromatic carbocycles. The van der Waals surface area contributed by atoms with Gasteiger partial charge in [0.2, 0.25) is 5.91 Å². The molecular weight excluding hydrogens is 206 g/mol. The number of rotatable bonds is 4. The van der Waals surface area contributed by atoms with Gasteiger partial charge in [0.25, 0.3) is 5.56 Å². The summed E-state index contributed by atoms with van der Waals surface area (Å²) < 4.78 is 1.51. The van der Waals surface area contributed by atoms with Crippen LogP contribution in [0.1, 0.15) is 24.6 Å². The quantitative estimate of drug-likeness (QED) is 0.803. The third kappa shape index (κ3) is 2.92. The normalized spacial score (nSPS) is 10.2. The smallest absolute Gasteiger partial charge is 0.256 e. The van der Waals surface area contributed by atoms with E-state index in [2.05, 4.69) is 10.3 Å². The molecule has 1 N–H and O–H groups in total. The van der Waals surface area contributed by atoms with Crippen molar-refractivity contribution >= 4 is 5.91 Å². The van der Waals surface area contributed by atoms with Crippen LogP contribution in [0.3, 0.4) is 0 Å². The monoisotopic (exact) mass is 223 g/mol. The Balaban J connectivity index is 2.65. The first-order valence-electron chi connectivity index (χ1n) is 5.35. The Bertz CT molecular complexity index is 437. The molecule has 0 aliphatic heterocycles. The number of hydrogen-bond acceptors (Lipinski definition) is 3. The van der Waals surface area contributed by atoms with Gasteiger partial charge in [0.05, 0.1) is 6.33 Å². The predicted octanol–water partition coefficient (Wildman–Crippen LogP) is 0.386. The number of hydrogen-bond donors (Lipinski definition) is 1. The average Bonchev–Trinajstić information content (AvgIpc) is 2.29. The molecular formula is C11H17N3O2. The SMILES string of the molecule is CCC(=O)NCCn1cnc(C)c(C)c1=O. The summed E-state index contributed by atoms with van der Waals surface area (Å²) >= 11 is 0. The van der Waals surface area contributed by atoms with E-state index in [1.807, 2.05) is 0 Å². The number of carbonyl (C=O) groups is 1. The summed E-state index contributed by atoms with van der Waals surface area (Å²) in [7, 11) is 0. The molecule has 0 atom stereocenters. The first kappa shape index (κ1) is 12.4. The average molecular weight is 223 g/mol. The minimum absolute atomic E-state index is 0.00941. The number of aryl methyl sites for hydroxylation is 1. The Kier molecular flexibility index (Phi) is 4.22. The molecule has 0 aliphatic carbocycles. The molecule has 0 saturated heterocycles. The zero-order valence-corrected chi connectivity index (χ0v) is 9.91. The van der Waals surface area contributed by atoms with Gasteiger partial charge in [-0.3, -0.25) is 14.2 Å². The summed E-state index contributed by atoms with van der Waals surface area (Å²) in [5.74, 6) is -0.00941. The van der Waals surface area contributed by atoms with Gasteiger partial charge in [-0.25, -0.2) is 4.98 Å². The number of nitrogens with zero attached hydrogens (tertiary/aromatic N) is 2. The van der Waals surface area contributed by atoms with Gasteiger partial charge in [-0.1, -0.05) is 6.92 Å². The van der Waals surface area contributed by atoms with Crippen LogP contribution in [0.2, 0.25) is 0 Å². The van der Waals surface area contributed by atoms with E-state index in [4.69, 9.17) is 0 Å². The third-order valence-corrected chi connectivity index (χ3v) is 2.51. The summed E-state index contributed by atoms with van der Waals surface area (Å²) in [6, 6.07) is 0. The molecule has 1 aromatic heterocycles. The summed E-state index contributed by atoms with van der Waals surface area (Å²) in [5, 5.41) is 2.72. The van der Waals surface area contributed by atoms with Gasteiger partial charge < -0.3 is 5.32 Å². The molecule has 0 fully saturated rings. The molecule has 1 heterocycles. The van der Waals surface area contributed by atoms with E-state index in [0.717, 1.165) is 5.69 Å². The fraction of sp³-hybridized carbons (Fsp3) is 0.545. The van der Waals surface area contributed by atoms with Gasteiger partial charge in [-0.2, -0.15) is 0 Å². The highest BCUT2D eigenvalue weighted by atomic mass is 16.1. The van der Waals surface area contributed by atoms with Crippen molar-refractivity contribution in [1.82, 2.24) is 14.9 Å². The largest absolute Gasteiger partial charge is 0.354 e. The summed E-state index contributed by atoms with van der Waals surface area (Å²) in [4.78, 5) is 26.8. The van der Waals surface area contributed by atoms with Crippen LogP contribution in [0.5, 0.6) is 0 Å². The Morgan fingerprint density at radius 2 is 2.19 bits per heavy atom. The molecule has 0 bridgehead atoms. The minimum Gasteiger partial charge on any atom is -0.354 e. The topological polar surface area (TPSA) is 64.0 Å². The van der Waals surface area contributed by atoms with Crippen LogP contribution in [-0.2, 0) is 11.3 Å². The maximum Gasteiger partial charge on any atom is 0.256 e. The molecule has 0 radical (unpaired) electrons. The fourth-order valence-electron chi connectivity index (χ4n) is 1.28. The minimum atomic E-state index is -0.0433. The van der Waals surface area contributed by atoms with Gasteiger partial charge in [0.1, 0.15) is 0 Å². The van der Waals surface area contributed by atoms with Gasteiger partial charge in [0, 0.05) is 30.8 Å². The molecule has 0 spiro atoms. The van der Waals surface area contributed by atoms with Crippen molar-refractivity contribution < 1.29 is 4.79 Å². The standard InChI is InChI=1S/C11H17N3O2/c1-4-10(15)12-5-6-14-7-13-9(3)8(2)11(14)16/h7H,4-6H2,1-3H3,(H,12,15). The summed E-state index contributed by atoms with van der Waals surface area (Å²) in [6.45, 7) is 6.26. The van der Waals surface area contributed by atoms with Crippen LogP contribution in [0.25, 0.3) is 0 Å². The Hall–Kier alpha value is -1.65. The fourth-order valence-corrected chi connectivity index (χ4v) is 1.28. The molecule has 0 unspecified atom stereocenters. The van der Waals surface area contributed by atoms with Crippen molar-refractivity contribution in [3.8, 4) is 0 Å². The van der Waals surface area contributed by atoms with Gasteiger partial charge in [-0.15, -0.1) is 0 Å². The van der Waals surface area contributed by atoms with E-state index in [9.17, 15) is 9.59 Å². The highest BCUT2D eigenvalue weighted by Gasteiger charge is 2.03. The maximum atomic E-state index is 11.7. The molecule has 1 amide bonds. The van der Waals surface area contributed by atoms with Crippen LogP contribution >= 0.6 is 0 Å². The second-order valence-corrected chi connectivity index (χ2v) is 3.66. The van der Waals surface area contributed by atoms with Crippen LogP contribution < -0.4 is 10.9 Å². The van der Waals surface area contributed by atoms with Gasteiger partial charge in [0.15, 0.2) is 0 Å². The number of amides is 1. The molecule has 5 nitrogen and oxygen atoms in total. The lowest BCUT2D eigenvalue weighted by molar-refractivity contribution is -0.120. The highest BCUT2D eigenvalue weighted by Crippen LogP contribution is 1.94. The van der Waals surface area contributed by atoms with E-state index in [1.54, 1.807) is 20.8 Å². The van der Waals surface area contributed by atoms with Crippen molar-refractivity contribution in [2.24, 2.45) is 0 Å². The zero-order valence-electron chi connectivity index (χ0n) is 9.91. The van der Waals surface area contributed by atoms with E-state index >= 15 is 0 Å². The molecule has 1 rings (SSSR count). The Labute approximate surface area is 94.5 Å². The Morgan fingerprint density at radius 1 is 1.50 bits per heavy atom. The van der Waals surface area contributed by atoms with Crippen molar-refractivity contribution in [2.75, 3.05) is 6.54 Å². The van der Waals surface area contributed by atoms with Crippen molar-refractivity contribution in [3.63, 3.8) is 0 Å². The molecule has 0 aliphatic rings. The van der Waals surface area contributed by atoms with E-state index in [-0.39, 0.29) is 11.5 Å². The highest BCUT2D eigenvalue weighted by molar-refractivity contribution is 5.75. The van der Waals surface area contributed by atoms with Crippen LogP contribution in [0.15, 0.2) is 11.1 Å². The first-order valence-corrected chi connectivity index (χ1v) is 5.35. The van der Waals surface area contributed by atoms with Crippen LogP contribution in [-0.4, -0.2) is 22.0 Å². The van der Waals surface area contributed by atoms with Gasteiger partial charge in [-0.05, 0) is 13.8 Å². The second kappa shape index (κ2) is 5.44. The van der Waals surface area contributed by atoms with Gasteiger partial charge >= 0.3 is 0 Å².